The van der Waals surface area contributed by atoms with Crippen molar-refractivity contribution in [1.29, 1.82) is 0 Å². The van der Waals surface area contributed by atoms with E-state index < -0.39 is 0 Å². The molecule has 1 aromatic rings. The molecule has 0 bridgehead atoms. The molecule has 0 aliphatic heterocycles. The molecule has 0 aliphatic rings. The van der Waals surface area contributed by atoms with E-state index >= 15 is 0 Å². The molecule has 1 rings (SSSR count). The average molecular weight is 225 g/mol. The molecular formula is C13H23NS. The van der Waals surface area contributed by atoms with Gasteiger partial charge in [-0.1, -0.05) is 20.8 Å². The molecule has 1 atom stereocenters. The topological polar surface area (TPSA) is 12.0 Å². The van der Waals surface area contributed by atoms with E-state index in [1.54, 1.807) is 0 Å². The van der Waals surface area contributed by atoms with Crippen LogP contribution in [0.25, 0.3) is 0 Å². The van der Waals surface area contributed by atoms with E-state index in [2.05, 4.69) is 46.0 Å². The average Bonchev–Trinajstić information content (AvgIpc) is 2.44. The summed E-state index contributed by atoms with van der Waals surface area (Å²) in [5.74, 6) is 0.746. The lowest BCUT2D eigenvalue weighted by molar-refractivity contribution is 0.442. The Balaban J connectivity index is 2.83. The molecule has 0 aromatic carbocycles. The Morgan fingerprint density at radius 1 is 1.33 bits per heavy atom. The Bertz CT molecular complexity index is 301. The molecule has 15 heavy (non-hydrogen) atoms. The highest BCUT2D eigenvalue weighted by molar-refractivity contribution is 7.12. The van der Waals surface area contributed by atoms with E-state index in [0.29, 0.717) is 6.04 Å². The van der Waals surface area contributed by atoms with Gasteiger partial charge in [0.25, 0.3) is 0 Å². The first-order chi connectivity index (χ1) is 7.04. The van der Waals surface area contributed by atoms with Gasteiger partial charge in [0.15, 0.2) is 0 Å². The second kappa shape index (κ2) is 5.66. The minimum Gasteiger partial charge on any atom is -0.310 e. The van der Waals surface area contributed by atoms with Crippen LogP contribution in [0.1, 0.15) is 48.6 Å². The second-order valence-electron chi connectivity index (χ2n) is 4.64. The SMILES string of the molecule is CCNC(CC(C)C)c1sc(C)cc1C. The fraction of sp³-hybridized carbons (Fsp3) is 0.692. The number of aryl methyl sites for hydroxylation is 2. The molecule has 0 amide bonds. The summed E-state index contributed by atoms with van der Waals surface area (Å²) in [6.45, 7) is 12.2. The number of rotatable bonds is 5. The lowest BCUT2D eigenvalue weighted by Crippen LogP contribution is -2.22. The largest absolute Gasteiger partial charge is 0.310 e. The molecule has 1 heterocycles. The fourth-order valence-electron chi connectivity index (χ4n) is 2.01. The van der Waals surface area contributed by atoms with Gasteiger partial charge in [-0.15, -0.1) is 11.3 Å². The van der Waals surface area contributed by atoms with E-state index in [1.165, 1.54) is 21.7 Å². The van der Waals surface area contributed by atoms with Crippen LogP contribution in [0.5, 0.6) is 0 Å². The first-order valence-electron chi connectivity index (χ1n) is 5.84. The van der Waals surface area contributed by atoms with Crippen molar-refractivity contribution < 1.29 is 0 Å². The van der Waals surface area contributed by atoms with E-state index in [9.17, 15) is 0 Å². The Morgan fingerprint density at radius 2 is 2.00 bits per heavy atom. The summed E-state index contributed by atoms with van der Waals surface area (Å²) in [6.07, 6.45) is 1.23. The van der Waals surface area contributed by atoms with Gasteiger partial charge in [0.2, 0.25) is 0 Å². The van der Waals surface area contributed by atoms with Gasteiger partial charge in [0.1, 0.15) is 0 Å². The number of nitrogens with one attached hydrogen (secondary N) is 1. The molecule has 1 N–H and O–H groups in total. The second-order valence-corrected chi connectivity index (χ2v) is 5.93. The highest BCUT2D eigenvalue weighted by atomic mass is 32.1. The third-order valence-electron chi connectivity index (χ3n) is 2.55. The zero-order valence-electron chi connectivity index (χ0n) is 10.6. The first-order valence-corrected chi connectivity index (χ1v) is 6.66. The Kier molecular flexibility index (Phi) is 4.81. The molecule has 1 nitrogen and oxygen atoms in total. The fourth-order valence-corrected chi connectivity index (χ4v) is 3.13. The zero-order valence-corrected chi connectivity index (χ0v) is 11.4. The molecule has 1 aromatic heterocycles. The van der Waals surface area contributed by atoms with Crippen molar-refractivity contribution in [2.75, 3.05) is 6.54 Å². The van der Waals surface area contributed by atoms with E-state index in [4.69, 9.17) is 0 Å². The lowest BCUT2D eigenvalue weighted by Gasteiger charge is -2.19. The highest BCUT2D eigenvalue weighted by Crippen LogP contribution is 2.31. The summed E-state index contributed by atoms with van der Waals surface area (Å²) >= 11 is 1.94. The van der Waals surface area contributed by atoms with Crippen molar-refractivity contribution in [1.82, 2.24) is 5.32 Å². The minimum absolute atomic E-state index is 0.550. The number of hydrogen-bond acceptors (Lipinski definition) is 2. The van der Waals surface area contributed by atoms with E-state index in [1.807, 2.05) is 11.3 Å². The van der Waals surface area contributed by atoms with Gasteiger partial charge in [-0.05, 0) is 44.4 Å². The van der Waals surface area contributed by atoms with E-state index in [0.717, 1.165) is 12.5 Å². The Labute approximate surface area is 97.9 Å². The van der Waals surface area contributed by atoms with Gasteiger partial charge < -0.3 is 5.32 Å². The minimum atomic E-state index is 0.550. The number of thiophene rings is 1. The summed E-state index contributed by atoms with van der Waals surface area (Å²) in [5.41, 5.74) is 1.45. The van der Waals surface area contributed by atoms with Crippen LogP contribution in [0.15, 0.2) is 6.07 Å². The van der Waals surface area contributed by atoms with Crippen molar-refractivity contribution in [2.45, 2.75) is 47.1 Å². The maximum absolute atomic E-state index is 3.59. The summed E-state index contributed by atoms with van der Waals surface area (Å²) in [5, 5.41) is 3.59. The summed E-state index contributed by atoms with van der Waals surface area (Å²) in [4.78, 5) is 2.96. The summed E-state index contributed by atoms with van der Waals surface area (Å²) in [7, 11) is 0. The van der Waals surface area contributed by atoms with Crippen LogP contribution < -0.4 is 5.32 Å². The monoisotopic (exact) mass is 225 g/mol. The van der Waals surface area contributed by atoms with Crippen molar-refractivity contribution in [3.05, 3.63) is 21.4 Å². The zero-order chi connectivity index (χ0) is 11.4. The summed E-state index contributed by atoms with van der Waals surface area (Å²) in [6, 6.07) is 2.85. The normalized spacial score (nSPS) is 13.5. The Hall–Kier alpha value is -0.340. The van der Waals surface area contributed by atoms with Crippen LogP contribution in [0.3, 0.4) is 0 Å². The Morgan fingerprint density at radius 3 is 2.40 bits per heavy atom. The van der Waals surface area contributed by atoms with Crippen LogP contribution >= 0.6 is 11.3 Å². The standard InChI is InChI=1S/C13H23NS/c1-6-14-12(7-9(2)3)13-10(4)8-11(5)15-13/h8-9,12,14H,6-7H2,1-5H3. The smallest absolute Gasteiger partial charge is 0.0419 e. The molecule has 2 heteroatoms. The van der Waals surface area contributed by atoms with Crippen LogP contribution in [0.4, 0.5) is 0 Å². The van der Waals surface area contributed by atoms with Gasteiger partial charge in [-0.3, -0.25) is 0 Å². The highest BCUT2D eigenvalue weighted by Gasteiger charge is 2.16. The van der Waals surface area contributed by atoms with Crippen molar-refractivity contribution >= 4 is 11.3 Å². The van der Waals surface area contributed by atoms with Crippen LogP contribution in [0.2, 0.25) is 0 Å². The maximum Gasteiger partial charge on any atom is 0.0419 e. The predicted molar refractivity (Wildman–Crippen MR) is 69.7 cm³/mol. The number of hydrogen-bond donors (Lipinski definition) is 1. The van der Waals surface area contributed by atoms with Gasteiger partial charge in [-0.2, -0.15) is 0 Å². The van der Waals surface area contributed by atoms with E-state index in [-0.39, 0.29) is 0 Å². The molecular weight excluding hydrogens is 202 g/mol. The van der Waals surface area contributed by atoms with Gasteiger partial charge in [-0.25, -0.2) is 0 Å². The molecule has 0 saturated heterocycles. The maximum atomic E-state index is 3.59. The molecule has 0 spiro atoms. The third-order valence-corrected chi connectivity index (χ3v) is 3.82. The third kappa shape index (κ3) is 3.62. The lowest BCUT2D eigenvalue weighted by atomic mass is 10.0. The van der Waals surface area contributed by atoms with Crippen LogP contribution in [-0.2, 0) is 0 Å². The molecule has 0 fully saturated rings. The molecule has 0 saturated carbocycles. The van der Waals surface area contributed by atoms with Gasteiger partial charge >= 0.3 is 0 Å². The predicted octanol–water partition coefficient (Wildman–Crippen LogP) is 4.06. The first kappa shape index (κ1) is 12.7. The summed E-state index contributed by atoms with van der Waals surface area (Å²) < 4.78 is 0. The van der Waals surface area contributed by atoms with Crippen molar-refractivity contribution in [3.8, 4) is 0 Å². The quantitative estimate of drug-likeness (QED) is 0.797. The van der Waals surface area contributed by atoms with Crippen LogP contribution in [0, 0.1) is 19.8 Å². The van der Waals surface area contributed by atoms with Crippen molar-refractivity contribution in [2.24, 2.45) is 5.92 Å². The van der Waals surface area contributed by atoms with Crippen LogP contribution in [-0.4, -0.2) is 6.54 Å². The molecule has 0 aliphatic carbocycles. The molecule has 86 valence electrons. The van der Waals surface area contributed by atoms with Gasteiger partial charge in [0.05, 0.1) is 0 Å². The van der Waals surface area contributed by atoms with Gasteiger partial charge in [0, 0.05) is 15.8 Å². The van der Waals surface area contributed by atoms with Crippen molar-refractivity contribution in [3.63, 3.8) is 0 Å². The molecule has 0 radical (unpaired) electrons. The molecule has 1 unspecified atom stereocenters.